The number of carbonyl (C=O) groups excluding carboxylic acids is 1. The molecule has 0 atom stereocenters. The predicted octanol–water partition coefficient (Wildman–Crippen LogP) is 5.25. The van der Waals surface area contributed by atoms with Crippen LogP contribution in [0.5, 0.6) is 5.19 Å². The molecule has 1 aliphatic heterocycles. The minimum absolute atomic E-state index is 0.0492. The number of likely N-dealkylation sites (tertiary alicyclic amines) is 1. The van der Waals surface area contributed by atoms with E-state index in [0.717, 1.165) is 28.0 Å². The summed E-state index contributed by atoms with van der Waals surface area (Å²) in [4.78, 5) is 19.7. The van der Waals surface area contributed by atoms with Crippen LogP contribution in [-0.4, -0.2) is 40.7 Å². The van der Waals surface area contributed by atoms with Gasteiger partial charge in [-0.2, -0.15) is 0 Å². The molecule has 4 rings (SSSR count). The van der Waals surface area contributed by atoms with E-state index in [-0.39, 0.29) is 17.8 Å². The van der Waals surface area contributed by atoms with E-state index in [2.05, 4.69) is 4.98 Å². The summed E-state index contributed by atoms with van der Waals surface area (Å²) < 4.78 is 20.0. The maximum Gasteiger partial charge on any atom is 0.274 e. The van der Waals surface area contributed by atoms with Gasteiger partial charge in [-0.05, 0) is 36.4 Å². The number of thiazole rings is 1. The van der Waals surface area contributed by atoms with E-state index in [1.54, 1.807) is 12.1 Å². The summed E-state index contributed by atoms with van der Waals surface area (Å²) in [6, 6.07) is 11.9. The molecule has 1 fully saturated rings. The fraction of sp³-hybridized carbons (Fsp3) is 0.300. The molecule has 2 aromatic carbocycles. The van der Waals surface area contributed by atoms with Crippen LogP contribution in [0.1, 0.15) is 12.8 Å². The number of amides is 1. The molecule has 0 aliphatic carbocycles. The first-order chi connectivity index (χ1) is 13.6. The summed E-state index contributed by atoms with van der Waals surface area (Å²) in [6.07, 6.45) is 1.60. The highest BCUT2D eigenvalue weighted by Gasteiger charge is 2.25. The number of benzene rings is 2. The van der Waals surface area contributed by atoms with Crippen LogP contribution in [0, 0.1) is 5.82 Å². The van der Waals surface area contributed by atoms with Gasteiger partial charge in [-0.15, -0.1) is 11.8 Å². The Balaban J connectivity index is 1.27. The second-order valence-corrected chi connectivity index (χ2v) is 8.96. The van der Waals surface area contributed by atoms with Crippen LogP contribution >= 0.6 is 34.7 Å². The van der Waals surface area contributed by atoms with Crippen molar-refractivity contribution in [2.75, 3.05) is 18.8 Å². The molecule has 0 saturated carbocycles. The number of carbonyl (C=O) groups is 1. The Bertz CT molecular complexity index is 972. The lowest BCUT2D eigenvalue weighted by Gasteiger charge is -2.31. The first kappa shape index (κ1) is 19.5. The van der Waals surface area contributed by atoms with Crippen molar-refractivity contribution < 1.29 is 13.9 Å². The SMILES string of the molecule is O=C(CSc1ccc(F)cc1)N1CCC(Oc2nc3c(Cl)cccc3s2)CC1. The molecule has 1 amide bonds. The molecule has 28 heavy (non-hydrogen) atoms. The lowest BCUT2D eigenvalue weighted by Crippen LogP contribution is -2.42. The van der Waals surface area contributed by atoms with Gasteiger partial charge < -0.3 is 9.64 Å². The largest absolute Gasteiger partial charge is 0.467 e. The Morgan fingerprint density at radius 1 is 1.25 bits per heavy atom. The van der Waals surface area contributed by atoms with E-state index >= 15 is 0 Å². The van der Waals surface area contributed by atoms with Gasteiger partial charge in [-0.3, -0.25) is 4.79 Å². The minimum atomic E-state index is -0.270. The number of rotatable bonds is 5. The third-order valence-corrected chi connectivity index (χ3v) is 6.80. The summed E-state index contributed by atoms with van der Waals surface area (Å²) in [5.41, 5.74) is 0.773. The van der Waals surface area contributed by atoms with Crippen molar-refractivity contribution in [2.45, 2.75) is 23.8 Å². The second-order valence-electron chi connectivity index (χ2n) is 6.51. The van der Waals surface area contributed by atoms with Gasteiger partial charge in [-0.1, -0.05) is 29.0 Å². The maximum absolute atomic E-state index is 12.9. The highest BCUT2D eigenvalue weighted by atomic mass is 35.5. The average Bonchev–Trinajstić information content (AvgIpc) is 3.12. The fourth-order valence-electron chi connectivity index (χ4n) is 3.08. The predicted molar refractivity (Wildman–Crippen MR) is 112 cm³/mol. The number of para-hydroxylation sites is 1. The highest BCUT2D eigenvalue weighted by molar-refractivity contribution is 8.00. The summed E-state index contributed by atoms with van der Waals surface area (Å²) in [6.45, 7) is 1.33. The van der Waals surface area contributed by atoms with Crippen molar-refractivity contribution in [3.8, 4) is 5.19 Å². The van der Waals surface area contributed by atoms with Gasteiger partial charge >= 0.3 is 0 Å². The van der Waals surface area contributed by atoms with Crippen molar-refractivity contribution in [3.63, 3.8) is 0 Å². The Morgan fingerprint density at radius 3 is 2.71 bits per heavy atom. The normalized spacial score (nSPS) is 15.1. The van der Waals surface area contributed by atoms with Gasteiger partial charge in [0.15, 0.2) is 0 Å². The van der Waals surface area contributed by atoms with Gasteiger partial charge in [0.1, 0.15) is 17.4 Å². The van der Waals surface area contributed by atoms with E-state index in [1.165, 1.54) is 35.2 Å². The van der Waals surface area contributed by atoms with Crippen LogP contribution in [0.2, 0.25) is 5.02 Å². The zero-order valence-electron chi connectivity index (χ0n) is 14.9. The molecule has 0 bridgehead atoms. The fourth-order valence-corrected chi connectivity index (χ4v) is 5.06. The van der Waals surface area contributed by atoms with Crippen LogP contribution in [-0.2, 0) is 4.79 Å². The Hall–Kier alpha value is -1.83. The van der Waals surface area contributed by atoms with Gasteiger partial charge in [-0.25, -0.2) is 9.37 Å². The molecule has 0 spiro atoms. The topological polar surface area (TPSA) is 42.4 Å². The standard InChI is InChI=1S/C20H18ClFN2O2S2/c21-16-2-1-3-17-19(16)23-20(28-17)26-14-8-10-24(11-9-14)18(25)12-27-15-6-4-13(22)5-7-15/h1-7,14H,8-12H2. The van der Waals surface area contributed by atoms with Crippen molar-refractivity contribution in [1.82, 2.24) is 9.88 Å². The molecule has 1 aromatic heterocycles. The second kappa shape index (κ2) is 8.68. The first-order valence-electron chi connectivity index (χ1n) is 8.96. The van der Waals surface area contributed by atoms with Crippen LogP contribution in [0.25, 0.3) is 10.2 Å². The van der Waals surface area contributed by atoms with Gasteiger partial charge in [0, 0.05) is 30.8 Å². The molecule has 4 nitrogen and oxygen atoms in total. The number of piperidine rings is 1. The number of hydrogen-bond donors (Lipinski definition) is 0. The number of thioether (sulfide) groups is 1. The van der Waals surface area contributed by atoms with E-state index < -0.39 is 0 Å². The van der Waals surface area contributed by atoms with Gasteiger partial charge in [0.05, 0.1) is 15.5 Å². The average molecular weight is 437 g/mol. The van der Waals surface area contributed by atoms with E-state index in [4.69, 9.17) is 16.3 Å². The monoisotopic (exact) mass is 436 g/mol. The van der Waals surface area contributed by atoms with Crippen molar-refractivity contribution in [3.05, 3.63) is 53.3 Å². The summed E-state index contributed by atoms with van der Waals surface area (Å²) in [5.74, 6) is 0.181. The van der Waals surface area contributed by atoms with Gasteiger partial charge in [0.25, 0.3) is 5.19 Å². The van der Waals surface area contributed by atoms with Crippen LogP contribution in [0.15, 0.2) is 47.4 Å². The number of hydrogen-bond acceptors (Lipinski definition) is 5. The Labute approximate surface area is 175 Å². The molecular formula is C20H18ClFN2O2S2. The van der Waals surface area contributed by atoms with Crippen LogP contribution < -0.4 is 4.74 Å². The molecule has 0 N–H and O–H groups in total. The maximum atomic E-state index is 12.9. The smallest absolute Gasteiger partial charge is 0.274 e. The van der Waals surface area contributed by atoms with Gasteiger partial charge in [0.2, 0.25) is 5.91 Å². The molecule has 8 heteroatoms. The summed E-state index contributed by atoms with van der Waals surface area (Å²) in [5, 5.41) is 1.25. The van der Waals surface area contributed by atoms with E-state index in [0.29, 0.717) is 29.1 Å². The summed E-state index contributed by atoms with van der Waals surface area (Å²) >= 11 is 9.09. The Kier molecular flexibility index (Phi) is 6.04. The van der Waals surface area contributed by atoms with Crippen LogP contribution in [0.3, 0.4) is 0 Å². The van der Waals surface area contributed by atoms with Crippen molar-refractivity contribution in [2.24, 2.45) is 0 Å². The molecular weight excluding hydrogens is 419 g/mol. The number of halogens is 2. The molecule has 2 heterocycles. The van der Waals surface area contributed by atoms with Crippen LogP contribution in [0.4, 0.5) is 4.39 Å². The third-order valence-electron chi connectivity index (χ3n) is 4.59. The molecule has 146 valence electrons. The lowest BCUT2D eigenvalue weighted by atomic mass is 10.1. The highest BCUT2D eigenvalue weighted by Crippen LogP contribution is 2.33. The number of aromatic nitrogens is 1. The molecule has 1 saturated heterocycles. The number of nitrogens with zero attached hydrogens (tertiary/aromatic N) is 2. The quantitative estimate of drug-likeness (QED) is 0.512. The first-order valence-corrected chi connectivity index (χ1v) is 11.1. The molecule has 1 aliphatic rings. The van der Waals surface area contributed by atoms with E-state index in [9.17, 15) is 9.18 Å². The zero-order chi connectivity index (χ0) is 19.5. The van der Waals surface area contributed by atoms with Crippen molar-refractivity contribution >= 4 is 50.8 Å². The minimum Gasteiger partial charge on any atom is -0.467 e. The Morgan fingerprint density at radius 2 is 2.00 bits per heavy atom. The molecule has 3 aromatic rings. The summed E-state index contributed by atoms with van der Waals surface area (Å²) in [7, 11) is 0. The number of fused-ring (bicyclic) bond motifs is 1. The third kappa shape index (κ3) is 4.59. The van der Waals surface area contributed by atoms with Crippen molar-refractivity contribution in [1.29, 1.82) is 0 Å². The molecule has 0 radical (unpaired) electrons. The lowest BCUT2D eigenvalue weighted by molar-refractivity contribution is -0.130. The van der Waals surface area contributed by atoms with E-state index in [1.807, 2.05) is 23.1 Å². The molecule has 0 unspecified atom stereocenters. The number of ether oxygens (including phenoxy) is 1. The zero-order valence-corrected chi connectivity index (χ0v) is 17.3.